The molecule has 0 fully saturated rings. The van der Waals surface area contributed by atoms with Crippen LogP contribution in [0.3, 0.4) is 0 Å². The number of esters is 1. The second-order valence-electron chi connectivity index (χ2n) is 6.45. The zero-order valence-corrected chi connectivity index (χ0v) is 16.7. The minimum absolute atomic E-state index is 0.0983. The fourth-order valence-electron chi connectivity index (χ4n) is 2.45. The van der Waals surface area contributed by atoms with Crippen LogP contribution in [-0.2, 0) is 25.5 Å². The third-order valence-electron chi connectivity index (χ3n) is 4.03. The van der Waals surface area contributed by atoms with Crippen molar-refractivity contribution in [1.29, 1.82) is 0 Å². The number of nitrogens with one attached hydrogen (secondary N) is 2. The number of non-ortho nitro benzene ring substituents is 1. The van der Waals surface area contributed by atoms with Gasteiger partial charge < -0.3 is 9.47 Å². The number of hydrogen-bond acceptors (Lipinski definition) is 7. The molecule has 0 aliphatic rings. The molecule has 10 heteroatoms. The lowest BCUT2D eigenvalue weighted by Gasteiger charge is -2.09. The molecule has 0 saturated carbocycles. The van der Waals surface area contributed by atoms with Gasteiger partial charge in [-0.05, 0) is 30.5 Å². The quantitative estimate of drug-likeness (QED) is 0.241. The number of nitro benzene ring substituents is 1. The molecule has 0 unspecified atom stereocenters. The first kappa shape index (κ1) is 23.3. The van der Waals surface area contributed by atoms with Gasteiger partial charge in [-0.25, -0.2) is 0 Å². The molecule has 0 aliphatic heterocycles. The van der Waals surface area contributed by atoms with Gasteiger partial charge in [0.1, 0.15) is 5.75 Å². The van der Waals surface area contributed by atoms with Crippen LogP contribution in [0.5, 0.6) is 5.75 Å². The monoisotopic (exact) mass is 429 g/mol. The van der Waals surface area contributed by atoms with Gasteiger partial charge in [-0.2, -0.15) is 0 Å². The van der Waals surface area contributed by atoms with E-state index in [1.54, 1.807) is 0 Å². The molecular formula is C21H23N3O7. The van der Waals surface area contributed by atoms with Crippen LogP contribution in [0.4, 0.5) is 5.69 Å². The predicted molar refractivity (Wildman–Crippen MR) is 110 cm³/mol. The van der Waals surface area contributed by atoms with Crippen LogP contribution in [0, 0.1) is 10.1 Å². The Morgan fingerprint density at radius 2 is 1.58 bits per heavy atom. The van der Waals surface area contributed by atoms with E-state index in [0.717, 1.165) is 12.0 Å². The molecule has 0 radical (unpaired) electrons. The fraction of sp³-hybridized carbons (Fsp3) is 0.286. The van der Waals surface area contributed by atoms with Crippen molar-refractivity contribution in [3.8, 4) is 5.75 Å². The van der Waals surface area contributed by atoms with Gasteiger partial charge in [0.05, 0.1) is 18.0 Å². The van der Waals surface area contributed by atoms with E-state index >= 15 is 0 Å². The summed E-state index contributed by atoms with van der Waals surface area (Å²) < 4.78 is 10.2. The number of rotatable bonds is 11. The summed E-state index contributed by atoms with van der Waals surface area (Å²) in [5.74, 6) is -1.40. The maximum atomic E-state index is 11.7. The van der Waals surface area contributed by atoms with Crippen LogP contribution in [0.25, 0.3) is 0 Å². The van der Waals surface area contributed by atoms with Crippen molar-refractivity contribution in [2.45, 2.75) is 25.7 Å². The zero-order chi connectivity index (χ0) is 22.5. The minimum atomic E-state index is -0.629. The SMILES string of the molecule is O=C(CCC(=O)OCCCc1ccccc1)NNC(=O)COc1ccc([N+](=O)[O-])cc1. The summed E-state index contributed by atoms with van der Waals surface area (Å²) in [6, 6.07) is 15.0. The first-order valence-electron chi connectivity index (χ1n) is 9.58. The fourth-order valence-corrected chi connectivity index (χ4v) is 2.45. The molecule has 31 heavy (non-hydrogen) atoms. The first-order valence-corrected chi connectivity index (χ1v) is 9.58. The predicted octanol–water partition coefficient (Wildman–Crippen LogP) is 2.08. The average molecular weight is 429 g/mol. The molecule has 0 spiro atoms. The van der Waals surface area contributed by atoms with Crippen molar-refractivity contribution >= 4 is 23.5 Å². The molecule has 2 N–H and O–H groups in total. The highest BCUT2D eigenvalue weighted by Crippen LogP contribution is 2.17. The van der Waals surface area contributed by atoms with Crippen molar-refractivity contribution in [3.05, 3.63) is 70.3 Å². The van der Waals surface area contributed by atoms with Gasteiger partial charge in [-0.3, -0.25) is 35.3 Å². The van der Waals surface area contributed by atoms with Crippen molar-refractivity contribution < 1.29 is 28.8 Å². The number of amides is 2. The molecular weight excluding hydrogens is 406 g/mol. The Hall–Kier alpha value is -3.95. The largest absolute Gasteiger partial charge is 0.484 e. The van der Waals surface area contributed by atoms with Crippen molar-refractivity contribution in [2.75, 3.05) is 13.2 Å². The molecule has 2 rings (SSSR count). The lowest BCUT2D eigenvalue weighted by molar-refractivity contribution is -0.384. The number of nitrogens with zero attached hydrogens (tertiary/aromatic N) is 1. The summed E-state index contributed by atoms with van der Waals surface area (Å²) in [5, 5.41) is 10.6. The standard InChI is InChI=1S/C21H23N3O7/c25-19(12-13-21(27)30-14-4-7-16-5-2-1-3-6-16)22-23-20(26)15-31-18-10-8-17(9-11-18)24(28)29/h1-3,5-6,8-11H,4,7,12-15H2,(H,22,25)(H,23,26). The molecule has 0 saturated heterocycles. The highest BCUT2D eigenvalue weighted by Gasteiger charge is 2.10. The second-order valence-corrected chi connectivity index (χ2v) is 6.45. The summed E-state index contributed by atoms with van der Waals surface area (Å²) in [4.78, 5) is 45.1. The van der Waals surface area contributed by atoms with Gasteiger partial charge in [0.2, 0.25) is 5.91 Å². The zero-order valence-electron chi connectivity index (χ0n) is 16.7. The number of aryl methyl sites for hydroxylation is 1. The first-order chi connectivity index (χ1) is 14.9. The van der Waals surface area contributed by atoms with E-state index in [1.807, 2.05) is 30.3 Å². The van der Waals surface area contributed by atoms with Crippen molar-refractivity contribution in [2.24, 2.45) is 0 Å². The van der Waals surface area contributed by atoms with Crippen LogP contribution in [0.2, 0.25) is 0 Å². The van der Waals surface area contributed by atoms with Crippen LogP contribution < -0.4 is 15.6 Å². The van der Waals surface area contributed by atoms with Crippen LogP contribution in [-0.4, -0.2) is 35.9 Å². The van der Waals surface area contributed by atoms with E-state index in [-0.39, 0.29) is 30.9 Å². The minimum Gasteiger partial charge on any atom is -0.484 e. The summed E-state index contributed by atoms with van der Waals surface area (Å²) in [6.07, 6.45) is 1.24. The third-order valence-corrected chi connectivity index (χ3v) is 4.03. The topological polar surface area (TPSA) is 137 Å². The van der Waals surface area contributed by atoms with E-state index in [9.17, 15) is 24.5 Å². The summed E-state index contributed by atoms with van der Waals surface area (Å²) in [5.41, 5.74) is 5.38. The summed E-state index contributed by atoms with van der Waals surface area (Å²) in [6.45, 7) is -0.131. The molecule has 0 heterocycles. The lowest BCUT2D eigenvalue weighted by Crippen LogP contribution is -2.43. The van der Waals surface area contributed by atoms with Crippen molar-refractivity contribution in [1.82, 2.24) is 10.9 Å². The number of carbonyl (C=O) groups is 3. The van der Waals surface area contributed by atoms with Crippen LogP contribution in [0.15, 0.2) is 54.6 Å². The molecule has 0 bridgehead atoms. The Labute approximate surface area is 178 Å². The molecule has 2 aromatic rings. The van der Waals surface area contributed by atoms with Crippen LogP contribution >= 0.6 is 0 Å². The van der Waals surface area contributed by atoms with E-state index in [4.69, 9.17) is 9.47 Å². The second kappa shape index (κ2) is 12.6. The normalized spacial score (nSPS) is 10.1. The number of hydrogen-bond donors (Lipinski definition) is 2. The highest BCUT2D eigenvalue weighted by atomic mass is 16.6. The smallest absolute Gasteiger partial charge is 0.306 e. The third kappa shape index (κ3) is 9.39. The summed E-state index contributed by atoms with van der Waals surface area (Å²) >= 11 is 0. The Morgan fingerprint density at radius 3 is 2.26 bits per heavy atom. The Bertz CT molecular complexity index is 886. The molecule has 0 aromatic heterocycles. The van der Waals surface area contributed by atoms with E-state index in [1.165, 1.54) is 24.3 Å². The number of carbonyl (C=O) groups excluding carboxylic acids is 3. The molecule has 0 aliphatic carbocycles. The van der Waals surface area contributed by atoms with Crippen molar-refractivity contribution in [3.63, 3.8) is 0 Å². The molecule has 10 nitrogen and oxygen atoms in total. The molecule has 0 atom stereocenters. The average Bonchev–Trinajstić information content (AvgIpc) is 2.78. The molecule has 2 aromatic carbocycles. The Morgan fingerprint density at radius 1 is 0.903 bits per heavy atom. The Kier molecular flexibility index (Phi) is 9.47. The molecule has 164 valence electrons. The molecule has 2 amide bonds. The van der Waals surface area contributed by atoms with Gasteiger partial charge in [0, 0.05) is 18.6 Å². The number of ether oxygens (including phenoxy) is 2. The number of hydrazine groups is 1. The van der Waals surface area contributed by atoms with E-state index in [0.29, 0.717) is 6.42 Å². The van der Waals surface area contributed by atoms with E-state index < -0.39 is 29.3 Å². The lowest BCUT2D eigenvalue weighted by atomic mass is 10.1. The van der Waals surface area contributed by atoms with Gasteiger partial charge in [-0.15, -0.1) is 0 Å². The van der Waals surface area contributed by atoms with Gasteiger partial charge >= 0.3 is 5.97 Å². The van der Waals surface area contributed by atoms with Crippen LogP contribution in [0.1, 0.15) is 24.8 Å². The van der Waals surface area contributed by atoms with Gasteiger partial charge in [0.25, 0.3) is 11.6 Å². The van der Waals surface area contributed by atoms with Gasteiger partial charge in [0.15, 0.2) is 6.61 Å². The number of benzene rings is 2. The highest BCUT2D eigenvalue weighted by molar-refractivity contribution is 5.84. The number of nitro groups is 1. The van der Waals surface area contributed by atoms with E-state index in [2.05, 4.69) is 10.9 Å². The maximum absolute atomic E-state index is 11.7. The summed E-state index contributed by atoms with van der Waals surface area (Å²) in [7, 11) is 0. The van der Waals surface area contributed by atoms with Gasteiger partial charge in [-0.1, -0.05) is 30.3 Å². The Balaban J connectivity index is 1.53. The maximum Gasteiger partial charge on any atom is 0.306 e.